The SMILES string of the molecule is Cc1ccc(NC(=O)c2cccc(NC3=C(Cl)C(=O)N(c4cccc(Cl)c4Cl)C3=O)c2)cc1. The zero-order valence-corrected chi connectivity index (χ0v) is 19.4. The van der Waals surface area contributed by atoms with Crippen LogP contribution in [0.2, 0.25) is 10.0 Å². The normalized spacial score (nSPS) is 13.5. The lowest BCUT2D eigenvalue weighted by atomic mass is 10.1. The van der Waals surface area contributed by atoms with E-state index in [2.05, 4.69) is 10.6 Å². The summed E-state index contributed by atoms with van der Waals surface area (Å²) in [6.07, 6.45) is 0. The molecule has 166 valence electrons. The molecule has 0 spiro atoms. The summed E-state index contributed by atoms with van der Waals surface area (Å²) >= 11 is 18.4. The van der Waals surface area contributed by atoms with Crippen molar-refractivity contribution in [3.05, 3.63) is 98.6 Å². The van der Waals surface area contributed by atoms with Crippen molar-refractivity contribution in [1.29, 1.82) is 0 Å². The molecule has 3 aromatic carbocycles. The summed E-state index contributed by atoms with van der Waals surface area (Å²) in [7, 11) is 0. The maximum Gasteiger partial charge on any atom is 0.283 e. The number of amides is 3. The number of imide groups is 1. The van der Waals surface area contributed by atoms with Crippen LogP contribution in [0.25, 0.3) is 0 Å². The van der Waals surface area contributed by atoms with E-state index in [-0.39, 0.29) is 32.4 Å². The molecule has 0 unspecified atom stereocenters. The third kappa shape index (κ3) is 4.59. The zero-order valence-electron chi connectivity index (χ0n) is 17.2. The first-order valence-corrected chi connectivity index (χ1v) is 10.9. The fraction of sp³-hybridized carbons (Fsp3) is 0.0417. The van der Waals surface area contributed by atoms with E-state index >= 15 is 0 Å². The molecule has 0 atom stereocenters. The predicted molar refractivity (Wildman–Crippen MR) is 131 cm³/mol. The van der Waals surface area contributed by atoms with Gasteiger partial charge in [0.2, 0.25) is 0 Å². The van der Waals surface area contributed by atoms with Crippen LogP contribution in [-0.2, 0) is 9.59 Å². The van der Waals surface area contributed by atoms with Crippen molar-refractivity contribution >= 4 is 69.6 Å². The number of halogens is 3. The van der Waals surface area contributed by atoms with Gasteiger partial charge in [0.15, 0.2) is 0 Å². The minimum atomic E-state index is -0.735. The average molecular weight is 501 g/mol. The molecular formula is C24H16Cl3N3O3. The summed E-state index contributed by atoms with van der Waals surface area (Å²) in [6, 6.07) is 18.5. The summed E-state index contributed by atoms with van der Waals surface area (Å²) in [5.74, 6) is -1.76. The van der Waals surface area contributed by atoms with Crippen molar-refractivity contribution in [1.82, 2.24) is 0 Å². The molecule has 1 aliphatic heterocycles. The maximum atomic E-state index is 13.0. The highest BCUT2D eigenvalue weighted by Crippen LogP contribution is 2.37. The van der Waals surface area contributed by atoms with Crippen LogP contribution in [0.3, 0.4) is 0 Å². The second kappa shape index (κ2) is 9.27. The van der Waals surface area contributed by atoms with Gasteiger partial charge < -0.3 is 10.6 Å². The molecule has 2 N–H and O–H groups in total. The number of carbonyl (C=O) groups is 3. The van der Waals surface area contributed by atoms with Gasteiger partial charge in [-0.25, -0.2) is 4.90 Å². The Labute approximate surface area is 204 Å². The Morgan fingerprint density at radius 3 is 2.27 bits per heavy atom. The molecule has 0 aromatic heterocycles. The number of nitrogens with one attached hydrogen (secondary N) is 2. The third-order valence-corrected chi connectivity index (χ3v) is 6.06. The van der Waals surface area contributed by atoms with Gasteiger partial charge in [-0.2, -0.15) is 0 Å². The van der Waals surface area contributed by atoms with E-state index in [0.29, 0.717) is 16.9 Å². The summed E-state index contributed by atoms with van der Waals surface area (Å²) in [5, 5.41) is 5.61. The lowest BCUT2D eigenvalue weighted by Crippen LogP contribution is -2.32. The van der Waals surface area contributed by atoms with Crippen LogP contribution in [0.15, 0.2) is 77.5 Å². The highest BCUT2D eigenvalue weighted by atomic mass is 35.5. The number of hydrogen-bond acceptors (Lipinski definition) is 4. The van der Waals surface area contributed by atoms with E-state index in [1.54, 1.807) is 48.5 Å². The lowest BCUT2D eigenvalue weighted by Gasteiger charge is -2.17. The summed E-state index contributed by atoms with van der Waals surface area (Å²) in [4.78, 5) is 39.2. The van der Waals surface area contributed by atoms with Gasteiger partial charge in [-0.1, -0.05) is 64.6 Å². The molecule has 33 heavy (non-hydrogen) atoms. The van der Waals surface area contributed by atoms with E-state index in [9.17, 15) is 14.4 Å². The number of aryl methyl sites for hydroxylation is 1. The van der Waals surface area contributed by atoms with Crippen molar-refractivity contribution in [3.8, 4) is 0 Å². The van der Waals surface area contributed by atoms with Gasteiger partial charge in [0.1, 0.15) is 10.7 Å². The van der Waals surface area contributed by atoms with Crippen LogP contribution < -0.4 is 15.5 Å². The first-order chi connectivity index (χ1) is 15.8. The third-order valence-electron chi connectivity index (χ3n) is 4.90. The second-order valence-electron chi connectivity index (χ2n) is 7.23. The molecule has 3 amide bonds. The average Bonchev–Trinajstić information content (AvgIpc) is 3.00. The molecule has 4 rings (SSSR count). The molecular weight excluding hydrogens is 485 g/mol. The van der Waals surface area contributed by atoms with Gasteiger partial charge >= 0.3 is 0 Å². The minimum Gasteiger partial charge on any atom is -0.350 e. The Kier molecular flexibility index (Phi) is 6.42. The largest absolute Gasteiger partial charge is 0.350 e. The van der Waals surface area contributed by atoms with Gasteiger partial charge in [0.25, 0.3) is 17.7 Å². The van der Waals surface area contributed by atoms with Crippen LogP contribution in [0.4, 0.5) is 17.1 Å². The fourth-order valence-electron chi connectivity index (χ4n) is 3.22. The van der Waals surface area contributed by atoms with E-state index in [1.165, 1.54) is 6.07 Å². The number of benzene rings is 3. The Bertz CT molecular complexity index is 1320. The number of nitrogens with zero attached hydrogens (tertiary/aromatic N) is 1. The van der Waals surface area contributed by atoms with Gasteiger partial charge in [-0.3, -0.25) is 14.4 Å². The molecule has 6 nitrogen and oxygen atoms in total. The molecule has 1 heterocycles. The highest BCUT2D eigenvalue weighted by molar-refractivity contribution is 6.54. The monoisotopic (exact) mass is 499 g/mol. The Balaban J connectivity index is 1.56. The number of rotatable bonds is 5. The Morgan fingerprint density at radius 1 is 0.848 bits per heavy atom. The molecule has 0 radical (unpaired) electrons. The summed E-state index contributed by atoms with van der Waals surface area (Å²) in [6.45, 7) is 1.96. The molecule has 9 heteroatoms. The standard InChI is InChI=1S/C24H16Cl3N3O3/c1-13-8-10-15(11-9-13)29-22(31)14-4-2-5-16(12-14)28-21-20(27)23(32)30(24(21)33)18-7-3-6-17(25)19(18)26/h2-12,28H,1H3,(H,29,31). The lowest BCUT2D eigenvalue weighted by molar-refractivity contribution is -0.120. The van der Waals surface area contributed by atoms with Gasteiger partial charge in [0.05, 0.1) is 15.7 Å². The molecule has 0 saturated carbocycles. The van der Waals surface area contributed by atoms with E-state index in [1.807, 2.05) is 19.1 Å². The predicted octanol–water partition coefficient (Wildman–Crippen LogP) is 5.99. The maximum absolute atomic E-state index is 13.0. The Morgan fingerprint density at radius 2 is 1.55 bits per heavy atom. The molecule has 0 saturated heterocycles. The van der Waals surface area contributed by atoms with Crippen LogP contribution in [-0.4, -0.2) is 17.7 Å². The van der Waals surface area contributed by atoms with Crippen LogP contribution in [0.1, 0.15) is 15.9 Å². The minimum absolute atomic E-state index is 0.0568. The van der Waals surface area contributed by atoms with Crippen molar-refractivity contribution in [3.63, 3.8) is 0 Å². The summed E-state index contributed by atoms with van der Waals surface area (Å²) in [5.41, 5.74) is 2.48. The fourth-order valence-corrected chi connectivity index (χ4v) is 3.81. The number of hydrogen-bond donors (Lipinski definition) is 2. The van der Waals surface area contributed by atoms with E-state index in [4.69, 9.17) is 34.8 Å². The van der Waals surface area contributed by atoms with Gasteiger partial charge in [0, 0.05) is 16.9 Å². The van der Waals surface area contributed by atoms with Crippen molar-refractivity contribution in [2.75, 3.05) is 15.5 Å². The first kappa shape index (κ1) is 22.9. The van der Waals surface area contributed by atoms with E-state index in [0.717, 1.165) is 10.5 Å². The topological polar surface area (TPSA) is 78.5 Å². The van der Waals surface area contributed by atoms with E-state index < -0.39 is 11.8 Å². The molecule has 0 bridgehead atoms. The molecule has 0 aliphatic carbocycles. The van der Waals surface area contributed by atoms with Crippen LogP contribution in [0, 0.1) is 6.92 Å². The molecule has 3 aromatic rings. The van der Waals surface area contributed by atoms with Gasteiger partial charge in [-0.15, -0.1) is 0 Å². The smallest absolute Gasteiger partial charge is 0.283 e. The zero-order chi connectivity index (χ0) is 23.7. The van der Waals surface area contributed by atoms with Crippen LogP contribution in [0.5, 0.6) is 0 Å². The number of carbonyl (C=O) groups excluding carboxylic acids is 3. The highest BCUT2D eigenvalue weighted by Gasteiger charge is 2.40. The molecule has 1 aliphatic rings. The van der Waals surface area contributed by atoms with Gasteiger partial charge in [-0.05, 0) is 49.4 Å². The first-order valence-electron chi connectivity index (χ1n) is 9.74. The van der Waals surface area contributed by atoms with Crippen LogP contribution >= 0.6 is 34.8 Å². The second-order valence-corrected chi connectivity index (χ2v) is 8.40. The van der Waals surface area contributed by atoms with Crippen molar-refractivity contribution in [2.45, 2.75) is 6.92 Å². The quantitative estimate of drug-likeness (QED) is 0.422. The molecule has 0 fully saturated rings. The number of anilines is 3. The van der Waals surface area contributed by atoms with Crippen molar-refractivity contribution < 1.29 is 14.4 Å². The summed E-state index contributed by atoms with van der Waals surface area (Å²) < 4.78 is 0. The Hall–Kier alpha value is -3.32. The van der Waals surface area contributed by atoms with Crippen molar-refractivity contribution in [2.24, 2.45) is 0 Å².